The normalized spacial score (nSPS) is 15.4. The van der Waals surface area contributed by atoms with Crippen molar-refractivity contribution in [2.24, 2.45) is 0 Å². The second kappa shape index (κ2) is 12.3. The Kier molecular flexibility index (Phi) is 8.94. The Morgan fingerprint density at radius 1 is 1.05 bits per heavy atom. The molecule has 0 aliphatic carbocycles. The van der Waals surface area contributed by atoms with Crippen molar-refractivity contribution in [3.63, 3.8) is 0 Å². The van der Waals surface area contributed by atoms with Gasteiger partial charge in [-0.3, -0.25) is 14.4 Å². The number of Topliss-reactive ketones (excluding diaryl/α,β-unsaturated/α-hetero) is 1. The average molecular weight is 561 g/mol. The summed E-state index contributed by atoms with van der Waals surface area (Å²) in [6.45, 7) is 0.869. The molecule has 1 aromatic heterocycles. The third-order valence-corrected chi connectivity index (χ3v) is 7.15. The van der Waals surface area contributed by atoms with Crippen LogP contribution in [0.3, 0.4) is 0 Å². The molecule has 1 atom stereocenters. The van der Waals surface area contributed by atoms with Crippen molar-refractivity contribution in [1.82, 2.24) is 4.90 Å². The van der Waals surface area contributed by atoms with Gasteiger partial charge in [0.15, 0.2) is 12.4 Å². The Morgan fingerprint density at radius 2 is 1.81 bits per heavy atom. The molecule has 2 heterocycles. The molecule has 1 aliphatic heterocycles. The van der Waals surface area contributed by atoms with Crippen molar-refractivity contribution >= 4 is 63.8 Å². The van der Waals surface area contributed by atoms with E-state index in [0.29, 0.717) is 30.4 Å². The van der Waals surface area contributed by atoms with Crippen LogP contribution in [0.15, 0.2) is 60.0 Å². The standard InChI is InChI=1S/C26H22Cl2N2O6S/c27-20-8-5-17(12-21(20)28)22(31)15-36-26(34)16-3-6-18(7-4-16)29-24(32)13-23-25(33)30(9-10-35-23)14-19-2-1-11-37-19/h1-8,11-12,23H,9-10,13-15H2,(H,29,32). The minimum absolute atomic E-state index is 0.125. The van der Waals surface area contributed by atoms with E-state index in [1.807, 2.05) is 17.5 Å². The Hall–Kier alpha value is -3.24. The second-order valence-electron chi connectivity index (χ2n) is 8.16. The molecule has 1 saturated heterocycles. The van der Waals surface area contributed by atoms with Crippen LogP contribution in [-0.2, 0) is 25.6 Å². The summed E-state index contributed by atoms with van der Waals surface area (Å²) in [5, 5.41) is 5.20. The van der Waals surface area contributed by atoms with Gasteiger partial charge in [0, 0.05) is 22.7 Å². The fourth-order valence-corrected chi connectivity index (χ4v) is 4.64. The van der Waals surface area contributed by atoms with Gasteiger partial charge in [-0.1, -0.05) is 29.3 Å². The van der Waals surface area contributed by atoms with E-state index in [4.69, 9.17) is 32.7 Å². The minimum Gasteiger partial charge on any atom is -0.454 e. The molecule has 11 heteroatoms. The molecule has 8 nitrogen and oxygen atoms in total. The smallest absolute Gasteiger partial charge is 0.338 e. The molecule has 1 unspecified atom stereocenters. The number of thiophene rings is 1. The Balaban J connectivity index is 1.26. The molecule has 1 fully saturated rings. The van der Waals surface area contributed by atoms with Crippen molar-refractivity contribution in [2.45, 2.75) is 19.1 Å². The number of carbonyl (C=O) groups is 4. The average Bonchev–Trinajstić information content (AvgIpc) is 3.40. The highest BCUT2D eigenvalue weighted by Gasteiger charge is 2.31. The van der Waals surface area contributed by atoms with E-state index in [2.05, 4.69) is 5.32 Å². The van der Waals surface area contributed by atoms with Gasteiger partial charge >= 0.3 is 5.97 Å². The van der Waals surface area contributed by atoms with E-state index in [0.717, 1.165) is 4.88 Å². The number of rotatable bonds is 9. The van der Waals surface area contributed by atoms with Crippen LogP contribution in [0, 0.1) is 0 Å². The van der Waals surface area contributed by atoms with Gasteiger partial charge in [0.1, 0.15) is 6.10 Å². The number of hydrogen-bond acceptors (Lipinski definition) is 7. The first-order valence-electron chi connectivity index (χ1n) is 11.3. The summed E-state index contributed by atoms with van der Waals surface area (Å²) < 4.78 is 10.6. The number of nitrogens with one attached hydrogen (secondary N) is 1. The van der Waals surface area contributed by atoms with E-state index in [9.17, 15) is 19.2 Å². The van der Waals surface area contributed by atoms with Gasteiger partial charge in [-0.15, -0.1) is 11.3 Å². The van der Waals surface area contributed by atoms with Crippen LogP contribution >= 0.6 is 34.5 Å². The number of anilines is 1. The molecular weight excluding hydrogens is 539 g/mol. The highest BCUT2D eigenvalue weighted by atomic mass is 35.5. The predicted molar refractivity (Wildman–Crippen MR) is 140 cm³/mol. The third-order valence-electron chi connectivity index (χ3n) is 5.55. The number of halogens is 2. The summed E-state index contributed by atoms with van der Waals surface area (Å²) >= 11 is 13.3. The number of benzene rings is 2. The van der Waals surface area contributed by atoms with E-state index in [1.54, 1.807) is 16.2 Å². The summed E-state index contributed by atoms with van der Waals surface area (Å²) in [5.41, 5.74) is 0.914. The Labute approximate surface area is 227 Å². The number of nitrogens with zero attached hydrogens (tertiary/aromatic N) is 1. The second-order valence-corrected chi connectivity index (χ2v) is 10.0. The number of ether oxygens (including phenoxy) is 2. The quantitative estimate of drug-likeness (QED) is 0.296. The zero-order chi connectivity index (χ0) is 26.4. The SMILES string of the molecule is O=C(CC1OCCN(Cc2cccs2)C1=O)Nc1ccc(C(=O)OCC(=O)c2ccc(Cl)c(Cl)c2)cc1. The fraction of sp³-hybridized carbons (Fsp3) is 0.231. The summed E-state index contributed by atoms with van der Waals surface area (Å²) in [6.07, 6.45) is -0.976. The first kappa shape index (κ1) is 26.8. The van der Waals surface area contributed by atoms with Gasteiger partial charge in [-0.2, -0.15) is 0 Å². The highest BCUT2D eigenvalue weighted by molar-refractivity contribution is 7.09. The zero-order valence-corrected chi connectivity index (χ0v) is 21.8. The molecule has 0 radical (unpaired) electrons. The monoisotopic (exact) mass is 560 g/mol. The van der Waals surface area contributed by atoms with Gasteiger partial charge in [0.25, 0.3) is 5.91 Å². The molecule has 37 heavy (non-hydrogen) atoms. The lowest BCUT2D eigenvalue weighted by Gasteiger charge is -2.32. The van der Waals surface area contributed by atoms with E-state index >= 15 is 0 Å². The van der Waals surface area contributed by atoms with E-state index in [-0.39, 0.29) is 34.4 Å². The molecule has 0 bridgehead atoms. The summed E-state index contributed by atoms with van der Waals surface area (Å²) in [7, 11) is 0. The Morgan fingerprint density at radius 3 is 2.51 bits per heavy atom. The topological polar surface area (TPSA) is 102 Å². The van der Waals surface area contributed by atoms with Crippen LogP contribution < -0.4 is 5.32 Å². The molecule has 2 aromatic carbocycles. The molecule has 1 aliphatic rings. The van der Waals surface area contributed by atoms with Gasteiger partial charge in [-0.05, 0) is 53.9 Å². The number of esters is 1. The third kappa shape index (κ3) is 7.17. The van der Waals surface area contributed by atoms with Crippen LogP contribution in [-0.4, -0.2) is 54.3 Å². The number of morpholine rings is 1. The largest absolute Gasteiger partial charge is 0.454 e. The molecular formula is C26H22Cl2N2O6S. The number of hydrogen-bond donors (Lipinski definition) is 1. The zero-order valence-electron chi connectivity index (χ0n) is 19.4. The van der Waals surface area contributed by atoms with Crippen molar-refractivity contribution in [2.75, 3.05) is 25.1 Å². The first-order valence-corrected chi connectivity index (χ1v) is 12.9. The lowest BCUT2D eigenvalue weighted by Crippen LogP contribution is -2.48. The molecule has 0 spiro atoms. The molecule has 3 aromatic rings. The summed E-state index contributed by atoms with van der Waals surface area (Å²) in [4.78, 5) is 52.6. The van der Waals surface area contributed by atoms with Crippen molar-refractivity contribution in [3.8, 4) is 0 Å². The van der Waals surface area contributed by atoms with Crippen molar-refractivity contribution in [1.29, 1.82) is 0 Å². The van der Waals surface area contributed by atoms with E-state index < -0.39 is 24.5 Å². The molecule has 1 N–H and O–H groups in total. The predicted octanol–water partition coefficient (Wildman–Crippen LogP) is 4.85. The summed E-state index contributed by atoms with van der Waals surface area (Å²) in [5.74, 6) is -1.73. The van der Waals surface area contributed by atoms with Crippen LogP contribution in [0.4, 0.5) is 5.69 Å². The van der Waals surface area contributed by atoms with Gasteiger partial charge in [0.2, 0.25) is 5.91 Å². The maximum Gasteiger partial charge on any atom is 0.338 e. The number of amides is 2. The first-order chi connectivity index (χ1) is 17.8. The molecule has 2 amide bonds. The van der Waals surface area contributed by atoms with Gasteiger partial charge in [0.05, 0.1) is 35.2 Å². The maximum atomic E-state index is 12.7. The lowest BCUT2D eigenvalue weighted by atomic mass is 10.1. The van der Waals surface area contributed by atoms with Crippen LogP contribution in [0.5, 0.6) is 0 Å². The highest BCUT2D eigenvalue weighted by Crippen LogP contribution is 2.23. The van der Waals surface area contributed by atoms with Gasteiger partial charge in [-0.25, -0.2) is 4.79 Å². The number of carbonyl (C=O) groups excluding carboxylic acids is 4. The molecule has 0 saturated carbocycles. The number of ketones is 1. The Bertz CT molecular complexity index is 1300. The van der Waals surface area contributed by atoms with Crippen molar-refractivity contribution in [3.05, 3.63) is 86.0 Å². The molecule has 4 rings (SSSR count). The van der Waals surface area contributed by atoms with Crippen LogP contribution in [0.2, 0.25) is 10.0 Å². The van der Waals surface area contributed by atoms with Crippen LogP contribution in [0.1, 0.15) is 32.0 Å². The van der Waals surface area contributed by atoms with E-state index in [1.165, 1.54) is 42.5 Å². The lowest BCUT2D eigenvalue weighted by molar-refractivity contribution is -0.155. The van der Waals surface area contributed by atoms with Gasteiger partial charge < -0.3 is 19.7 Å². The van der Waals surface area contributed by atoms with Crippen LogP contribution in [0.25, 0.3) is 0 Å². The fourth-order valence-electron chi connectivity index (χ4n) is 3.62. The summed E-state index contributed by atoms with van der Waals surface area (Å²) in [6, 6.07) is 14.3. The van der Waals surface area contributed by atoms with Crippen molar-refractivity contribution < 1.29 is 28.7 Å². The minimum atomic E-state index is -0.851. The molecule has 192 valence electrons. The maximum absolute atomic E-state index is 12.7.